The lowest BCUT2D eigenvalue weighted by Crippen LogP contribution is -2.34. The van der Waals surface area contributed by atoms with Crippen LogP contribution < -0.4 is 10.6 Å². The Bertz CT molecular complexity index is 637. The first-order chi connectivity index (χ1) is 9.83. The molecule has 7 heteroatoms. The molecule has 2 aromatic rings. The van der Waals surface area contributed by atoms with Gasteiger partial charge in [0.05, 0.1) is 10.2 Å². The van der Waals surface area contributed by atoms with Crippen molar-refractivity contribution in [1.82, 2.24) is 10.3 Å². The molecule has 114 valence electrons. The fourth-order valence-corrected chi connectivity index (χ4v) is 3.07. The molecule has 21 heavy (non-hydrogen) atoms. The van der Waals surface area contributed by atoms with Gasteiger partial charge in [0.25, 0.3) is 0 Å². The fraction of sp³-hybridized carbons (Fsp3) is 0.429. The van der Waals surface area contributed by atoms with Crippen molar-refractivity contribution in [3.05, 3.63) is 22.7 Å². The van der Waals surface area contributed by atoms with E-state index < -0.39 is 11.7 Å². The minimum atomic E-state index is -0.474. The Hall–Kier alpha value is -1.34. The van der Waals surface area contributed by atoms with Crippen molar-refractivity contribution in [3.8, 4) is 0 Å². The number of halogens is 1. The molecule has 0 unspecified atom stereocenters. The zero-order chi connectivity index (χ0) is 15.5. The number of nitrogens with one attached hydrogen (secondary N) is 2. The van der Waals surface area contributed by atoms with Gasteiger partial charge >= 0.3 is 6.09 Å². The summed E-state index contributed by atoms with van der Waals surface area (Å²) in [5.41, 5.74) is 0.489. The van der Waals surface area contributed by atoms with Crippen LogP contribution in [0, 0.1) is 0 Å². The molecule has 0 spiro atoms. The minimum Gasteiger partial charge on any atom is -0.444 e. The van der Waals surface area contributed by atoms with Gasteiger partial charge in [-0.25, -0.2) is 9.78 Å². The van der Waals surface area contributed by atoms with Crippen molar-refractivity contribution in [2.75, 3.05) is 18.4 Å². The highest BCUT2D eigenvalue weighted by Crippen LogP contribution is 2.28. The lowest BCUT2D eigenvalue weighted by molar-refractivity contribution is 0.0530. The number of anilines is 1. The van der Waals surface area contributed by atoms with Crippen molar-refractivity contribution in [3.63, 3.8) is 0 Å². The van der Waals surface area contributed by atoms with Crippen LogP contribution in [0.1, 0.15) is 20.8 Å². The largest absolute Gasteiger partial charge is 0.444 e. The van der Waals surface area contributed by atoms with E-state index in [1.807, 2.05) is 39.0 Å². The highest BCUT2D eigenvalue weighted by atomic mass is 79.9. The number of ether oxygens (including phenoxy) is 1. The summed E-state index contributed by atoms with van der Waals surface area (Å²) in [5, 5.41) is 6.73. The van der Waals surface area contributed by atoms with E-state index in [9.17, 15) is 4.79 Å². The summed E-state index contributed by atoms with van der Waals surface area (Å²) in [6.45, 7) is 6.59. The number of hydrogen-bond donors (Lipinski definition) is 2. The van der Waals surface area contributed by atoms with Gasteiger partial charge in [-0.15, -0.1) is 0 Å². The maximum atomic E-state index is 11.5. The number of rotatable bonds is 4. The number of aromatic nitrogens is 1. The molecule has 0 aliphatic carbocycles. The number of benzene rings is 1. The SMILES string of the molecule is CC(C)(C)OC(=O)NCCNc1nc2ccc(Br)cc2s1. The summed E-state index contributed by atoms with van der Waals surface area (Å²) in [6.07, 6.45) is -0.405. The average Bonchev–Trinajstić information content (AvgIpc) is 2.74. The third-order valence-corrected chi connectivity index (χ3v) is 3.89. The maximum absolute atomic E-state index is 11.5. The quantitative estimate of drug-likeness (QED) is 0.797. The molecule has 2 rings (SSSR count). The molecule has 1 aromatic heterocycles. The van der Waals surface area contributed by atoms with Gasteiger partial charge in [0.15, 0.2) is 5.13 Å². The predicted molar refractivity (Wildman–Crippen MR) is 90.0 cm³/mol. The summed E-state index contributed by atoms with van der Waals surface area (Å²) in [7, 11) is 0. The summed E-state index contributed by atoms with van der Waals surface area (Å²) in [4.78, 5) is 15.9. The van der Waals surface area contributed by atoms with Gasteiger partial charge in [-0.3, -0.25) is 0 Å². The third kappa shape index (κ3) is 5.17. The molecule has 0 saturated heterocycles. The number of nitrogens with zero attached hydrogens (tertiary/aromatic N) is 1. The lowest BCUT2D eigenvalue weighted by atomic mass is 10.2. The van der Waals surface area contributed by atoms with Gasteiger partial charge < -0.3 is 15.4 Å². The fourth-order valence-electron chi connectivity index (χ4n) is 1.62. The van der Waals surface area contributed by atoms with Crippen LogP contribution in [-0.2, 0) is 4.74 Å². The number of carbonyl (C=O) groups excluding carboxylic acids is 1. The Kier molecular flexibility index (Phi) is 5.05. The van der Waals surface area contributed by atoms with Crippen molar-refractivity contribution >= 4 is 48.7 Å². The van der Waals surface area contributed by atoms with E-state index in [0.29, 0.717) is 13.1 Å². The molecule has 0 atom stereocenters. The Morgan fingerprint density at radius 1 is 1.38 bits per heavy atom. The van der Waals surface area contributed by atoms with Crippen molar-refractivity contribution in [2.24, 2.45) is 0 Å². The molecule has 2 N–H and O–H groups in total. The van der Waals surface area contributed by atoms with E-state index >= 15 is 0 Å². The summed E-state index contributed by atoms with van der Waals surface area (Å²) >= 11 is 5.03. The molecular weight excluding hydrogens is 354 g/mol. The number of thiazole rings is 1. The second-order valence-electron chi connectivity index (χ2n) is 5.49. The molecule has 0 aliphatic rings. The van der Waals surface area contributed by atoms with Crippen molar-refractivity contribution in [2.45, 2.75) is 26.4 Å². The molecule has 0 saturated carbocycles. The lowest BCUT2D eigenvalue weighted by Gasteiger charge is -2.19. The molecule has 1 heterocycles. The first kappa shape index (κ1) is 16.0. The molecule has 0 bridgehead atoms. The molecular formula is C14H18BrN3O2S. The van der Waals surface area contributed by atoms with Gasteiger partial charge in [0.2, 0.25) is 0 Å². The monoisotopic (exact) mass is 371 g/mol. The Morgan fingerprint density at radius 3 is 2.86 bits per heavy atom. The third-order valence-electron chi connectivity index (χ3n) is 2.42. The van der Waals surface area contributed by atoms with Gasteiger partial charge in [-0.05, 0) is 39.0 Å². The molecule has 0 fully saturated rings. The number of carbonyl (C=O) groups is 1. The van der Waals surface area contributed by atoms with Crippen LogP contribution >= 0.6 is 27.3 Å². The first-order valence-corrected chi connectivity index (χ1v) is 8.21. The van der Waals surface area contributed by atoms with E-state index in [1.165, 1.54) is 0 Å². The smallest absolute Gasteiger partial charge is 0.407 e. The minimum absolute atomic E-state index is 0.405. The Labute approximate surface area is 136 Å². The van der Waals surface area contributed by atoms with Crippen LogP contribution in [0.2, 0.25) is 0 Å². The summed E-state index contributed by atoms with van der Waals surface area (Å²) < 4.78 is 7.31. The number of fused-ring (bicyclic) bond motifs is 1. The standard InChI is InChI=1S/C14H18BrN3O2S/c1-14(2,3)20-13(19)17-7-6-16-12-18-10-5-4-9(15)8-11(10)21-12/h4-5,8H,6-7H2,1-3H3,(H,16,18)(H,17,19). The zero-order valence-electron chi connectivity index (χ0n) is 12.2. The van der Waals surface area contributed by atoms with Crippen molar-refractivity contribution < 1.29 is 9.53 Å². The van der Waals surface area contributed by atoms with Crippen LogP contribution in [-0.4, -0.2) is 29.8 Å². The summed E-state index contributed by atoms with van der Waals surface area (Å²) in [5.74, 6) is 0. The van der Waals surface area contributed by atoms with Gasteiger partial charge in [-0.2, -0.15) is 0 Å². The van der Waals surface area contributed by atoms with E-state index in [0.717, 1.165) is 19.8 Å². The van der Waals surface area contributed by atoms with Crippen LogP contribution in [0.5, 0.6) is 0 Å². The molecule has 0 radical (unpaired) electrons. The summed E-state index contributed by atoms with van der Waals surface area (Å²) in [6, 6.07) is 5.98. The van der Waals surface area contributed by atoms with Crippen LogP contribution in [0.25, 0.3) is 10.2 Å². The zero-order valence-corrected chi connectivity index (χ0v) is 14.6. The molecule has 1 amide bonds. The number of hydrogen-bond acceptors (Lipinski definition) is 5. The van der Waals surface area contributed by atoms with E-state index in [4.69, 9.17) is 4.74 Å². The van der Waals surface area contributed by atoms with Crippen LogP contribution in [0.15, 0.2) is 22.7 Å². The number of amides is 1. The maximum Gasteiger partial charge on any atom is 0.407 e. The Morgan fingerprint density at radius 2 is 2.14 bits per heavy atom. The molecule has 5 nitrogen and oxygen atoms in total. The predicted octanol–water partition coefficient (Wildman–Crippen LogP) is 4.00. The van der Waals surface area contributed by atoms with Gasteiger partial charge in [0.1, 0.15) is 5.60 Å². The van der Waals surface area contributed by atoms with E-state index in [2.05, 4.69) is 31.5 Å². The van der Waals surface area contributed by atoms with Crippen LogP contribution in [0.4, 0.5) is 9.93 Å². The highest BCUT2D eigenvalue weighted by molar-refractivity contribution is 9.10. The topological polar surface area (TPSA) is 63.2 Å². The molecule has 0 aliphatic heterocycles. The van der Waals surface area contributed by atoms with Gasteiger partial charge in [-0.1, -0.05) is 27.3 Å². The van der Waals surface area contributed by atoms with Gasteiger partial charge in [0, 0.05) is 17.6 Å². The van der Waals surface area contributed by atoms with E-state index in [1.54, 1.807) is 11.3 Å². The molecule has 1 aromatic carbocycles. The van der Waals surface area contributed by atoms with E-state index in [-0.39, 0.29) is 0 Å². The first-order valence-electron chi connectivity index (χ1n) is 6.60. The van der Waals surface area contributed by atoms with Crippen molar-refractivity contribution in [1.29, 1.82) is 0 Å². The second-order valence-corrected chi connectivity index (χ2v) is 7.43. The highest BCUT2D eigenvalue weighted by Gasteiger charge is 2.15. The second kappa shape index (κ2) is 6.62. The Balaban J connectivity index is 1.79. The number of alkyl carbamates (subject to hydrolysis) is 1. The van der Waals surface area contributed by atoms with Crippen LogP contribution in [0.3, 0.4) is 0 Å². The normalized spacial score (nSPS) is 11.4. The average molecular weight is 372 g/mol.